The monoisotopic (exact) mass is 307 g/mol. The topological polar surface area (TPSA) is 51.4 Å². The second kappa shape index (κ2) is 7.35. The fourth-order valence-electron chi connectivity index (χ4n) is 2.21. The van der Waals surface area contributed by atoms with Gasteiger partial charge in [0.15, 0.2) is 17.4 Å². The summed E-state index contributed by atoms with van der Waals surface area (Å²) in [7, 11) is 3.38. The van der Waals surface area contributed by atoms with Crippen molar-refractivity contribution in [2.24, 2.45) is 5.92 Å². The average Bonchev–Trinajstić information content (AvgIpc) is 2.85. The van der Waals surface area contributed by atoms with Crippen molar-refractivity contribution in [2.75, 3.05) is 14.2 Å². The predicted octanol–water partition coefficient (Wildman–Crippen LogP) is 3.05. The van der Waals surface area contributed by atoms with Crippen LogP contribution in [0, 0.1) is 11.7 Å². The molecule has 22 heavy (non-hydrogen) atoms. The number of nitrogens with zero attached hydrogens (tertiary/aromatic N) is 3. The molecule has 1 heterocycles. The smallest absolute Gasteiger partial charge is 0.240 e. The van der Waals surface area contributed by atoms with E-state index in [4.69, 9.17) is 9.26 Å². The van der Waals surface area contributed by atoms with Crippen LogP contribution in [-0.2, 0) is 19.5 Å². The Morgan fingerprint density at radius 3 is 2.73 bits per heavy atom. The molecule has 0 saturated carbocycles. The molecular formula is C16H22FN3O2. The highest BCUT2D eigenvalue weighted by Crippen LogP contribution is 2.18. The summed E-state index contributed by atoms with van der Waals surface area (Å²) in [5, 5.41) is 3.96. The average molecular weight is 307 g/mol. The quantitative estimate of drug-likeness (QED) is 0.787. The summed E-state index contributed by atoms with van der Waals surface area (Å²) in [5.41, 5.74) is 0.864. The van der Waals surface area contributed by atoms with E-state index in [9.17, 15) is 4.39 Å². The van der Waals surface area contributed by atoms with Gasteiger partial charge in [0.25, 0.3) is 0 Å². The van der Waals surface area contributed by atoms with E-state index in [1.807, 2.05) is 18.0 Å². The molecule has 0 aliphatic heterocycles. The van der Waals surface area contributed by atoms with Gasteiger partial charge in [0, 0.05) is 13.0 Å². The highest BCUT2D eigenvalue weighted by Gasteiger charge is 2.11. The molecule has 0 fully saturated rings. The zero-order valence-electron chi connectivity index (χ0n) is 13.5. The third kappa shape index (κ3) is 4.53. The first-order chi connectivity index (χ1) is 10.5. The summed E-state index contributed by atoms with van der Waals surface area (Å²) in [4.78, 5) is 6.36. The van der Waals surface area contributed by atoms with Gasteiger partial charge in [-0.1, -0.05) is 25.1 Å². The first-order valence-electron chi connectivity index (χ1n) is 7.30. The molecule has 0 N–H and O–H groups in total. The van der Waals surface area contributed by atoms with E-state index in [2.05, 4.69) is 24.0 Å². The molecule has 2 aromatic rings. The minimum absolute atomic E-state index is 0.252. The van der Waals surface area contributed by atoms with Gasteiger partial charge in [-0.15, -0.1) is 0 Å². The van der Waals surface area contributed by atoms with Crippen LogP contribution >= 0.6 is 0 Å². The lowest BCUT2D eigenvalue weighted by Crippen LogP contribution is -2.17. The largest absolute Gasteiger partial charge is 0.494 e. The van der Waals surface area contributed by atoms with Crippen LogP contribution in [0.5, 0.6) is 5.75 Å². The van der Waals surface area contributed by atoms with Crippen LogP contribution in [0.25, 0.3) is 0 Å². The van der Waals surface area contributed by atoms with Crippen molar-refractivity contribution < 1.29 is 13.7 Å². The van der Waals surface area contributed by atoms with Crippen LogP contribution in [0.1, 0.15) is 31.1 Å². The fourth-order valence-corrected chi connectivity index (χ4v) is 2.21. The lowest BCUT2D eigenvalue weighted by Gasteiger charge is -2.14. The summed E-state index contributed by atoms with van der Waals surface area (Å²) >= 11 is 0. The Bertz CT molecular complexity index is 613. The number of halogens is 1. The van der Waals surface area contributed by atoms with E-state index in [1.165, 1.54) is 13.2 Å². The molecule has 0 aliphatic carbocycles. The molecule has 0 spiro atoms. The predicted molar refractivity (Wildman–Crippen MR) is 81.0 cm³/mol. The van der Waals surface area contributed by atoms with Crippen molar-refractivity contribution >= 4 is 0 Å². The number of hydrogen-bond donors (Lipinski definition) is 0. The van der Waals surface area contributed by atoms with E-state index in [1.54, 1.807) is 6.07 Å². The summed E-state index contributed by atoms with van der Waals surface area (Å²) in [6.07, 6.45) is 0.802. The first kappa shape index (κ1) is 16.4. The van der Waals surface area contributed by atoms with Gasteiger partial charge in [0.05, 0.1) is 13.7 Å². The van der Waals surface area contributed by atoms with Gasteiger partial charge in [-0.05, 0) is 30.7 Å². The van der Waals surface area contributed by atoms with Crippen LogP contribution in [0.4, 0.5) is 4.39 Å². The van der Waals surface area contributed by atoms with Gasteiger partial charge in [0.2, 0.25) is 5.89 Å². The number of hydrogen-bond acceptors (Lipinski definition) is 5. The molecular weight excluding hydrogens is 285 g/mol. The Balaban J connectivity index is 1.93. The van der Waals surface area contributed by atoms with E-state index < -0.39 is 0 Å². The minimum atomic E-state index is -0.356. The number of aromatic nitrogens is 2. The van der Waals surface area contributed by atoms with Crippen LogP contribution in [0.3, 0.4) is 0 Å². The van der Waals surface area contributed by atoms with Crippen LogP contribution < -0.4 is 4.74 Å². The Kier molecular flexibility index (Phi) is 5.49. The molecule has 1 aromatic heterocycles. The maximum atomic E-state index is 13.7. The van der Waals surface area contributed by atoms with Gasteiger partial charge >= 0.3 is 0 Å². The number of methoxy groups -OCH3 is 1. The Morgan fingerprint density at radius 1 is 1.32 bits per heavy atom. The van der Waals surface area contributed by atoms with Crippen molar-refractivity contribution in [3.05, 3.63) is 41.3 Å². The zero-order chi connectivity index (χ0) is 16.1. The van der Waals surface area contributed by atoms with E-state index in [0.29, 0.717) is 24.9 Å². The SMILES string of the molecule is COc1ccc(CN(C)Cc2nc(CC(C)C)no2)cc1F. The molecule has 2 rings (SSSR count). The molecule has 0 amide bonds. The molecule has 0 bridgehead atoms. The lowest BCUT2D eigenvalue weighted by molar-refractivity contribution is 0.259. The maximum absolute atomic E-state index is 13.7. The van der Waals surface area contributed by atoms with Crippen LogP contribution in [0.15, 0.2) is 22.7 Å². The highest BCUT2D eigenvalue weighted by atomic mass is 19.1. The third-order valence-corrected chi connectivity index (χ3v) is 3.17. The van der Waals surface area contributed by atoms with Gasteiger partial charge in [-0.25, -0.2) is 4.39 Å². The molecule has 1 aromatic carbocycles. The molecule has 0 unspecified atom stereocenters. The van der Waals surface area contributed by atoms with Crippen molar-refractivity contribution in [3.8, 4) is 5.75 Å². The second-order valence-corrected chi connectivity index (χ2v) is 5.84. The van der Waals surface area contributed by atoms with Gasteiger partial charge < -0.3 is 9.26 Å². The normalized spacial score (nSPS) is 11.4. The number of ether oxygens (including phenoxy) is 1. The van der Waals surface area contributed by atoms with Crippen molar-refractivity contribution in [1.82, 2.24) is 15.0 Å². The number of benzene rings is 1. The lowest BCUT2D eigenvalue weighted by atomic mass is 10.1. The van der Waals surface area contributed by atoms with Crippen molar-refractivity contribution in [3.63, 3.8) is 0 Å². The minimum Gasteiger partial charge on any atom is -0.494 e. The van der Waals surface area contributed by atoms with Crippen molar-refractivity contribution in [1.29, 1.82) is 0 Å². The molecule has 0 aliphatic rings. The maximum Gasteiger partial charge on any atom is 0.240 e. The molecule has 5 nitrogen and oxygen atoms in total. The Hall–Kier alpha value is -1.95. The Morgan fingerprint density at radius 2 is 2.09 bits per heavy atom. The van der Waals surface area contributed by atoms with Gasteiger partial charge in [-0.3, -0.25) is 4.90 Å². The molecule has 6 heteroatoms. The molecule has 0 radical (unpaired) electrons. The number of rotatable bonds is 7. The third-order valence-electron chi connectivity index (χ3n) is 3.17. The van der Waals surface area contributed by atoms with Gasteiger partial charge in [-0.2, -0.15) is 4.98 Å². The van der Waals surface area contributed by atoms with E-state index in [0.717, 1.165) is 17.8 Å². The molecule has 120 valence electrons. The first-order valence-corrected chi connectivity index (χ1v) is 7.30. The highest BCUT2D eigenvalue weighted by molar-refractivity contribution is 5.29. The van der Waals surface area contributed by atoms with Gasteiger partial charge in [0.1, 0.15) is 0 Å². The summed E-state index contributed by atoms with van der Waals surface area (Å²) < 4.78 is 23.8. The van der Waals surface area contributed by atoms with Crippen molar-refractivity contribution in [2.45, 2.75) is 33.4 Å². The summed E-state index contributed by atoms with van der Waals surface area (Å²) in [6, 6.07) is 4.95. The molecule has 0 atom stereocenters. The van der Waals surface area contributed by atoms with E-state index >= 15 is 0 Å². The zero-order valence-corrected chi connectivity index (χ0v) is 13.5. The second-order valence-electron chi connectivity index (χ2n) is 5.84. The Labute approximate surface area is 130 Å². The standard InChI is InChI=1S/C16H22FN3O2/c1-11(2)7-15-18-16(22-19-15)10-20(3)9-12-5-6-14(21-4)13(17)8-12/h5-6,8,11H,7,9-10H2,1-4H3. The van der Waals surface area contributed by atoms with Crippen LogP contribution in [-0.4, -0.2) is 29.2 Å². The van der Waals surface area contributed by atoms with E-state index in [-0.39, 0.29) is 11.6 Å². The molecule has 0 saturated heterocycles. The van der Waals surface area contributed by atoms with Crippen LogP contribution in [0.2, 0.25) is 0 Å². The summed E-state index contributed by atoms with van der Waals surface area (Å²) in [6.45, 7) is 5.34. The fraction of sp³-hybridized carbons (Fsp3) is 0.500. The summed E-state index contributed by atoms with van der Waals surface area (Å²) in [5.74, 6) is 1.69.